The Bertz CT molecular complexity index is 1040. The van der Waals surface area contributed by atoms with Gasteiger partial charge in [-0.1, -0.05) is 18.2 Å². The minimum Gasteiger partial charge on any atom is -0.493 e. The number of nitrogens with one attached hydrogen (secondary N) is 2. The number of ether oxygens (including phenoxy) is 2. The van der Waals surface area contributed by atoms with Crippen molar-refractivity contribution in [2.24, 2.45) is 0 Å². The van der Waals surface area contributed by atoms with Crippen molar-refractivity contribution in [3.63, 3.8) is 0 Å². The van der Waals surface area contributed by atoms with E-state index < -0.39 is 0 Å². The van der Waals surface area contributed by atoms with Gasteiger partial charge in [0.05, 0.1) is 19.7 Å². The van der Waals surface area contributed by atoms with E-state index in [1.54, 1.807) is 25.3 Å². The molecular weight excluding hydrogens is 344 g/mol. The van der Waals surface area contributed by atoms with Gasteiger partial charge in [-0.2, -0.15) is 0 Å². The van der Waals surface area contributed by atoms with Gasteiger partial charge in [-0.05, 0) is 42.5 Å². The Morgan fingerprint density at radius 2 is 1.85 bits per heavy atom. The average Bonchev–Trinajstić information content (AvgIpc) is 2.67. The van der Waals surface area contributed by atoms with Gasteiger partial charge in [0, 0.05) is 23.7 Å². The zero-order chi connectivity index (χ0) is 19.4. The van der Waals surface area contributed by atoms with Crippen LogP contribution in [-0.4, -0.2) is 25.1 Å². The number of benzene rings is 2. The van der Waals surface area contributed by atoms with Crippen LogP contribution in [-0.2, 0) is 11.2 Å². The highest BCUT2D eigenvalue weighted by molar-refractivity contribution is 5.91. The molecule has 2 aromatic carbocycles. The lowest BCUT2D eigenvalue weighted by atomic mass is 10.1. The Morgan fingerprint density at radius 3 is 2.59 bits per heavy atom. The Balaban J connectivity index is 1.70. The van der Waals surface area contributed by atoms with E-state index in [2.05, 4.69) is 10.3 Å². The lowest BCUT2D eigenvalue weighted by Gasteiger charge is -2.10. The van der Waals surface area contributed by atoms with Crippen LogP contribution >= 0.6 is 0 Å². The highest BCUT2D eigenvalue weighted by Gasteiger charge is 2.10. The summed E-state index contributed by atoms with van der Waals surface area (Å²) in [5.41, 5.74) is 2.90. The molecule has 0 spiro atoms. The SMILES string of the molecule is COc1ccc(NC(=O)CCc2cc3cccc(C)c3[nH]c2=O)cc1OC. The molecule has 0 saturated carbocycles. The van der Waals surface area contributed by atoms with Gasteiger partial charge in [-0.15, -0.1) is 0 Å². The number of aromatic nitrogens is 1. The molecule has 3 aromatic rings. The molecule has 0 aliphatic carbocycles. The van der Waals surface area contributed by atoms with Gasteiger partial charge in [-0.25, -0.2) is 0 Å². The maximum absolute atomic E-state index is 12.3. The molecule has 0 fully saturated rings. The van der Waals surface area contributed by atoms with Crippen molar-refractivity contribution in [3.05, 3.63) is 63.9 Å². The minimum atomic E-state index is -0.175. The van der Waals surface area contributed by atoms with Gasteiger partial charge in [0.1, 0.15) is 0 Å². The van der Waals surface area contributed by atoms with Crippen LogP contribution < -0.4 is 20.3 Å². The van der Waals surface area contributed by atoms with Gasteiger partial charge in [0.15, 0.2) is 11.5 Å². The Hall–Kier alpha value is -3.28. The van der Waals surface area contributed by atoms with Crippen LogP contribution in [0, 0.1) is 6.92 Å². The van der Waals surface area contributed by atoms with Crippen LogP contribution in [0.3, 0.4) is 0 Å². The third kappa shape index (κ3) is 4.11. The molecule has 0 radical (unpaired) electrons. The van der Waals surface area contributed by atoms with E-state index in [4.69, 9.17) is 9.47 Å². The molecular formula is C21H22N2O4. The van der Waals surface area contributed by atoms with Crippen molar-refractivity contribution in [1.29, 1.82) is 0 Å². The molecule has 6 nitrogen and oxygen atoms in total. The smallest absolute Gasteiger partial charge is 0.251 e. The Morgan fingerprint density at radius 1 is 1.07 bits per heavy atom. The minimum absolute atomic E-state index is 0.157. The summed E-state index contributed by atoms with van der Waals surface area (Å²) in [6.07, 6.45) is 0.563. The lowest BCUT2D eigenvalue weighted by molar-refractivity contribution is -0.116. The monoisotopic (exact) mass is 366 g/mol. The predicted molar refractivity (Wildman–Crippen MR) is 106 cm³/mol. The average molecular weight is 366 g/mol. The van der Waals surface area contributed by atoms with Crippen LogP contribution in [0.25, 0.3) is 10.9 Å². The second-order valence-corrected chi connectivity index (χ2v) is 6.28. The molecule has 0 aliphatic heterocycles. The second kappa shape index (κ2) is 7.95. The first-order chi connectivity index (χ1) is 13.0. The number of pyridine rings is 1. The number of rotatable bonds is 6. The number of carbonyl (C=O) groups excluding carboxylic acids is 1. The second-order valence-electron chi connectivity index (χ2n) is 6.28. The summed E-state index contributed by atoms with van der Waals surface area (Å²) in [5, 5.41) is 3.78. The van der Waals surface area contributed by atoms with Crippen molar-refractivity contribution >= 4 is 22.5 Å². The zero-order valence-corrected chi connectivity index (χ0v) is 15.6. The fourth-order valence-electron chi connectivity index (χ4n) is 3.00. The van der Waals surface area contributed by atoms with Crippen LogP contribution in [0.15, 0.2) is 47.3 Å². The standard InChI is InChI=1S/C21H22N2O4/c1-13-5-4-6-14-11-15(21(25)23-20(13)14)7-10-19(24)22-16-8-9-17(26-2)18(12-16)27-3/h4-6,8-9,11-12H,7,10H2,1-3H3,(H,22,24)(H,23,25). The first-order valence-corrected chi connectivity index (χ1v) is 8.65. The first kappa shape index (κ1) is 18.5. The molecule has 0 bridgehead atoms. The Labute approximate surface area is 157 Å². The number of H-pyrrole nitrogens is 1. The topological polar surface area (TPSA) is 80.4 Å². The van der Waals surface area contributed by atoms with E-state index in [0.717, 1.165) is 16.5 Å². The summed E-state index contributed by atoms with van der Waals surface area (Å²) in [5.74, 6) is 0.955. The molecule has 1 heterocycles. The molecule has 0 atom stereocenters. The van der Waals surface area contributed by atoms with Gasteiger partial charge in [0.2, 0.25) is 5.91 Å². The first-order valence-electron chi connectivity index (χ1n) is 8.65. The van der Waals surface area contributed by atoms with Gasteiger partial charge in [-0.3, -0.25) is 9.59 Å². The van der Waals surface area contributed by atoms with Crippen molar-refractivity contribution in [2.75, 3.05) is 19.5 Å². The molecule has 140 valence electrons. The molecule has 0 saturated heterocycles. The Kier molecular flexibility index (Phi) is 5.45. The summed E-state index contributed by atoms with van der Waals surface area (Å²) in [6.45, 7) is 1.95. The number of amides is 1. The number of para-hydroxylation sites is 1. The van der Waals surface area contributed by atoms with Gasteiger partial charge >= 0.3 is 0 Å². The van der Waals surface area contributed by atoms with Gasteiger partial charge < -0.3 is 19.8 Å². The summed E-state index contributed by atoms with van der Waals surface area (Å²) in [4.78, 5) is 27.5. The molecule has 1 amide bonds. The molecule has 1 aromatic heterocycles. The fraction of sp³-hybridized carbons (Fsp3) is 0.238. The summed E-state index contributed by atoms with van der Waals surface area (Å²) >= 11 is 0. The molecule has 6 heteroatoms. The van der Waals surface area contributed by atoms with E-state index in [0.29, 0.717) is 29.2 Å². The maximum atomic E-state index is 12.3. The molecule has 0 aliphatic rings. The summed E-state index contributed by atoms with van der Waals surface area (Å²) in [7, 11) is 3.09. The molecule has 2 N–H and O–H groups in total. The van der Waals surface area contributed by atoms with Crippen molar-refractivity contribution < 1.29 is 14.3 Å². The van der Waals surface area contributed by atoms with Crippen LogP contribution in [0.4, 0.5) is 5.69 Å². The van der Waals surface area contributed by atoms with Crippen molar-refractivity contribution in [3.8, 4) is 11.5 Å². The fourth-order valence-corrected chi connectivity index (χ4v) is 3.00. The number of aromatic amines is 1. The largest absolute Gasteiger partial charge is 0.493 e. The number of hydrogen-bond donors (Lipinski definition) is 2. The third-order valence-electron chi connectivity index (χ3n) is 4.45. The lowest BCUT2D eigenvalue weighted by Crippen LogP contribution is -2.17. The number of carbonyl (C=O) groups is 1. The maximum Gasteiger partial charge on any atom is 0.251 e. The van der Waals surface area contributed by atoms with Crippen LogP contribution in [0.1, 0.15) is 17.5 Å². The summed E-state index contributed by atoms with van der Waals surface area (Å²) < 4.78 is 10.4. The molecule has 0 unspecified atom stereocenters. The van der Waals surface area contributed by atoms with Crippen molar-refractivity contribution in [1.82, 2.24) is 4.98 Å². The quantitative estimate of drug-likeness (QED) is 0.700. The highest BCUT2D eigenvalue weighted by Crippen LogP contribution is 2.29. The van der Waals surface area contributed by atoms with Crippen LogP contribution in [0.2, 0.25) is 0 Å². The molecule has 27 heavy (non-hydrogen) atoms. The third-order valence-corrected chi connectivity index (χ3v) is 4.45. The predicted octanol–water partition coefficient (Wildman–Crippen LogP) is 3.43. The van der Waals surface area contributed by atoms with Gasteiger partial charge in [0.25, 0.3) is 5.56 Å². The van der Waals surface area contributed by atoms with Crippen LogP contribution in [0.5, 0.6) is 11.5 Å². The van der Waals surface area contributed by atoms with E-state index in [-0.39, 0.29) is 17.9 Å². The van der Waals surface area contributed by atoms with E-state index >= 15 is 0 Å². The van der Waals surface area contributed by atoms with E-state index in [1.165, 1.54) is 7.11 Å². The number of fused-ring (bicyclic) bond motifs is 1. The van der Waals surface area contributed by atoms with E-state index in [9.17, 15) is 9.59 Å². The normalized spacial score (nSPS) is 10.6. The highest BCUT2D eigenvalue weighted by atomic mass is 16.5. The zero-order valence-electron chi connectivity index (χ0n) is 15.6. The number of anilines is 1. The number of aryl methyl sites for hydroxylation is 2. The van der Waals surface area contributed by atoms with Crippen molar-refractivity contribution in [2.45, 2.75) is 19.8 Å². The van der Waals surface area contributed by atoms with E-state index in [1.807, 2.05) is 31.2 Å². The number of hydrogen-bond acceptors (Lipinski definition) is 4. The molecule has 3 rings (SSSR count). The number of methoxy groups -OCH3 is 2. The summed E-state index contributed by atoms with van der Waals surface area (Å²) in [6, 6.07) is 12.9.